The van der Waals surface area contributed by atoms with Crippen molar-refractivity contribution in [3.63, 3.8) is 0 Å². The van der Waals surface area contributed by atoms with Gasteiger partial charge in [-0.2, -0.15) is 0 Å². The summed E-state index contributed by atoms with van der Waals surface area (Å²) in [4.78, 5) is 13.0. The lowest BCUT2D eigenvalue weighted by atomic mass is 10.3. The fourth-order valence-electron chi connectivity index (χ4n) is 2.45. The highest BCUT2D eigenvalue weighted by Gasteiger charge is 2.04. The molecule has 2 N–H and O–H groups in total. The highest BCUT2D eigenvalue weighted by molar-refractivity contribution is 5.60. The fraction of sp³-hybridized carbons (Fsp3) is 0.250. The molecule has 0 aliphatic heterocycles. The number of pyridine rings is 1. The van der Waals surface area contributed by atoms with E-state index in [1.165, 1.54) is 0 Å². The van der Waals surface area contributed by atoms with E-state index in [4.69, 9.17) is 4.74 Å². The van der Waals surface area contributed by atoms with Crippen molar-refractivity contribution in [3.05, 3.63) is 66.2 Å². The predicted octanol–water partition coefficient (Wildman–Crippen LogP) is 4.32. The fourth-order valence-corrected chi connectivity index (χ4v) is 2.45. The van der Waals surface area contributed by atoms with Crippen molar-refractivity contribution in [2.75, 3.05) is 10.6 Å². The maximum absolute atomic E-state index is 5.66. The maximum Gasteiger partial charge on any atom is 0.136 e. The molecule has 0 spiro atoms. The van der Waals surface area contributed by atoms with Gasteiger partial charge in [-0.3, -0.25) is 4.98 Å². The van der Waals surface area contributed by atoms with Crippen LogP contribution in [0.5, 0.6) is 5.75 Å². The molecule has 0 saturated heterocycles. The lowest BCUT2D eigenvalue weighted by Crippen LogP contribution is -2.06. The number of aromatic nitrogens is 3. The van der Waals surface area contributed by atoms with Crippen LogP contribution in [0.1, 0.15) is 25.2 Å². The second-order valence-electron chi connectivity index (χ2n) is 6.22. The average Bonchev–Trinajstić information content (AvgIpc) is 2.62. The minimum absolute atomic E-state index is 0.159. The van der Waals surface area contributed by atoms with Gasteiger partial charge in [-0.1, -0.05) is 6.07 Å². The Morgan fingerprint density at radius 3 is 2.50 bits per heavy atom. The summed E-state index contributed by atoms with van der Waals surface area (Å²) in [5.74, 6) is 3.05. The zero-order valence-electron chi connectivity index (χ0n) is 15.2. The molecule has 0 aliphatic carbocycles. The van der Waals surface area contributed by atoms with Gasteiger partial charge >= 0.3 is 0 Å². The van der Waals surface area contributed by atoms with E-state index >= 15 is 0 Å². The average molecular weight is 349 g/mol. The summed E-state index contributed by atoms with van der Waals surface area (Å²) in [5, 5.41) is 6.61. The Bertz CT molecular complexity index is 835. The summed E-state index contributed by atoms with van der Waals surface area (Å²) < 4.78 is 5.66. The number of hydrogen-bond acceptors (Lipinski definition) is 6. The minimum Gasteiger partial charge on any atom is -0.491 e. The Balaban J connectivity index is 1.67. The van der Waals surface area contributed by atoms with Gasteiger partial charge in [0.25, 0.3) is 0 Å². The Labute approximate surface area is 153 Å². The summed E-state index contributed by atoms with van der Waals surface area (Å²) in [6, 6.07) is 13.7. The number of nitrogens with zero attached hydrogens (tertiary/aromatic N) is 3. The van der Waals surface area contributed by atoms with E-state index < -0.39 is 0 Å². The highest BCUT2D eigenvalue weighted by Crippen LogP contribution is 2.21. The van der Waals surface area contributed by atoms with Crippen LogP contribution in [-0.4, -0.2) is 21.1 Å². The Hall–Kier alpha value is -3.15. The second kappa shape index (κ2) is 8.29. The molecule has 26 heavy (non-hydrogen) atoms. The molecule has 134 valence electrons. The van der Waals surface area contributed by atoms with Gasteiger partial charge in [-0.15, -0.1) is 0 Å². The molecule has 0 saturated carbocycles. The van der Waals surface area contributed by atoms with Gasteiger partial charge in [0.05, 0.1) is 6.10 Å². The van der Waals surface area contributed by atoms with Crippen molar-refractivity contribution in [1.29, 1.82) is 0 Å². The van der Waals surface area contributed by atoms with Crippen molar-refractivity contribution in [3.8, 4) is 5.75 Å². The summed E-state index contributed by atoms with van der Waals surface area (Å²) in [5.41, 5.74) is 2.04. The van der Waals surface area contributed by atoms with Gasteiger partial charge in [-0.25, -0.2) is 9.97 Å². The van der Waals surface area contributed by atoms with E-state index in [1.54, 1.807) is 6.20 Å². The van der Waals surface area contributed by atoms with E-state index in [1.807, 2.05) is 69.4 Å². The molecular weight excluding hydrogens is 326 g/mol. The Morgan fingerprint density at radius 2 is 1.81 bits per heavy atom. The lowest BCUT2D eigenvalue weighted by Gasteiger charge is -2.12. The first kappa shape index (κ1) is 17.7. The van der Waals surface area contributed by atoms with Crippen molar-refractivity contribution in [2.24, 2.45) is 0 Å². The first-order valence-electron chi connectivity index (χ1n) is 8.61. The van der Waals surface area contributed by atoms with Gasteiger partial charge < -0.3 is 15.4 Å². The van der Waals surface area contributed by atoms with Gasteiger partial charge in [0.15, 0.2) is 0 Å². The molecule has 0 unspecified atom stereocenters. The van der Waals surface area contributed by atoms with Crippen LogP contribution in [0, 0.1) is 6.92 Å². The number of rotatable bonds is 7. The number of anilines is 3. The van der Waals surface area contributed by atoms with E-state index in [9.17, 15) is 0 Å². The van der Waals surface area contributed by atoms with Crippen molar-refractivity contribution < 1.29 is 4.74 Å². The monoisotopic (exact) mass is 349 g/mol. The molecule has 0 radical (unpaired) electrons. The van der Waals surface area contributed by atoms with E-state index in [0.29, 0.717) is 12.4 Å². The van der Waals surface area contributed by atoms with Crippen LogP contribution in [0.3, 0.4) is 0 Å². The van der Waals surface area contributed by atoms with Gasteiger partial charge in [0.2, 0.25) is 0 Å². The van der Waals surface area contributed by atoms with Crippen molar-refractivity contribution in [1.82, 2.24) is 15.0 Å². The Kier molecular flexibility index (Phi) is 5.63. The molecule has 2 heterocycles. The quantitative estimate of drug-likeness (QED) is 0.662. The predicted molar refractivity (Wildman–Crippen MR) is 104 cm³/mol. The number of aryl methyl sites for hydroxylation is 1. The zero-order chi connectivity index (χ0) is 18.4. The Morgan fingerprint density at radius 1 is 1.04 bits per heavy atom. The number of benzene rings is 1. The van der Waals surface area contributed by atoms with Crippen LogP contribution in [0.15, 0.2) is 54.9 Å². The minimum atomic E-state index is 0.159. The van der Waals surface area contributed by atoms with Crippen LogP contribution in [0.4, 0.5) is 17.3 Å². The summed E-state index contributed by atoms with van der Waals surface area (Å²) >= 11 is 0. The summed E-state index contributed by atoms with van der Waals surface area (Å²) in [7, 11) is 0. The molecule has 0 amide bonds. The standard InChI is InChI=1S/C20H23N5O/c1-14(2)26-18-8-6-17(7-9-18)25-20-11-19(23-15(3)24-20)22-13-16-5-4-10-21-12-16/h4-12,14H,13H2,1-3H3,(H2,22,23,24,25). The van der Waals surface area contributed by atoms with Crippen LogP contribution < -0.4 is 15.4 Å². The van der Waals surface area contributed by atoms with E-state index in [-0.39, 0.29) is 6.10 Å². The van der Waals surface area contributed by atoms with Crippen LogP contribution in [0.2, 0.25) is 0 Å². The molecule has 0 aliphatic rings. The van der Waals surface area contributed by atoms with Gasteiger partial charge in [0.1, 0.15) is 23.2 Å². The van der Waals surface area contributed by atoms with Crippen molar-refractivity contribution >= 4 is 17.3 Å². The molecule has 1 aromatic carbocycles. The first-order valence-corrected chi connectivity index (χ1v) is 8.61. The molecule has 0 bridgehead atoms. The topological polar surface area (TPSA) is 72.0 Å². The summed E-state index contributed by atoms with van der Waals surface area (Å²) in [6.07, 6.45) is 3.76. The molecule has 3 aromatic rings. The molecule has 6 heteroatoms. The number of ether oxygens (including phenoxy) is 1. The molecular formula is C20H23N5O. The van der Waals surface area contributed by atoms with Crippen LogP contribution in [0.25, 0.3) is 0 Å². The normalized spacial score (nSPS) is 10.6. The SMILES string of the molecule is Cc1nc(NCc2cccnc2)cc(Nc2ccc(OC(C)C)cc2)n1. The van der Waals surface area contributed by atoms with Crippen molar-refractivity contribution in [2.45, 2.75) is 33.4 Å². The van der Waals surface area contributed by atoms with Gasteiger partial charge in [-0.05, 0) is 56.7 Å². The smallest absolute Gasteiger partial charge is 0.136 e. The molecule has 6 nitrogen and oxygen atoms in total. The second-order valence-corrected chi connectivity index (χ2v) is 6.22. The molecule has 3 rings (SSSR count). The zero-order valence-corrected chi connectivity index (χ0v) is 15.2. The first-order chi connectivity index (χ1) is 12.6. The third-order valence-corrected chi connectivity index (χ3v) is 3.53. The largest absolute Gasteiger partial charge is 0.491 e. The third-order valence-electron chi connectivity index (χ3n) is 3.53. The third kappa shape index (κ3) is 5.17. The molecule has 0 fully saturated rings. The number of hydrogen-bond donors (Lipinski definition) is 2. The molecule has 2 aromatic heterocycles. The molecule has 0 atom stereocenters. The summed E-state index contributed by atoms with van der Waals surface area (Å²) in [6.45, 7) is 6.55. The van der Waals surface area contributed by atoms with E-state index in [0.717, 1.165) is 28.6 Å². The van der Waals surface area contributed by atoms with Crippen LogP contribution >= 0.6 is 0 Å². The highest BCUT2D eigenvalue weighted by atomic mass is 16.5. The van der Waals surface area contributed by atoms with E-state index in [2.05, 4.69) is 25.6 Å². The van der Waals surface area contributed by atoms with Gasteiger partial charge in [0, 0.05) is 30.7 Å². The maximum atomic E-state index is 5.66. The lowest BCUT2D eigenvalue weighted by molar-refractivity contribution is 0.242. The van der Waals surface area contributed by atoms with Crippen LogP contribution in [-0.2, 0) is 6.54 Å². The number of nitrogens with one attached hydrogen (secondary N) is 2.